The van der Waals surface area contributed by atoms with Crippen LogP contribution in [0.2, 0.25) is 0 Å². The van der Waals surface area contributed by atoms with Crippen LogP contribution in [0.15, 0.2) is 30.3 Å². The van der Waals surface area contributed by atoms with Crippen molar-refractivity contribution in [3.05, 3.63) is 30.3 Å². The molecule has 18 heavy (non-hydrogen) atoms. The molecule has 2 aliphatic rings. The number of carbonyl (C=O) groups excluding carboxylic acids is 1. The molecule has 0 bridgehead atoms. The van der Waals surface area contributed by atoms with E-state index in [0.717, 1.165) is 18.8 Å². The molecule has 0 aliphatic carbocycles. The highest BCUT2D eigenvalue weighted by atomic mass is 19.1. The molecule has 96 valence electrons. The summed E-state index contributed by atoms with van der Waals surface area (Å²) in [7, 11) is 0. The number of rotatable bonds is 1. The molecule has 0 aromatic heterocycles. The summed E-state index contributed by atoms with van der Waals surface area (Å²) in [6.07, 6.45) is -0.166. The number of alkyl halides is 1. The fraction of sp³-hybridized carbons (Fsp3) is 0.462. The zero-order chi connectivity index (χ0) is 12.6. The predicted molar refractivity (Wildman–Crippen MR) is 66.8 cm³/mol. The molecule has 3 rings (SSSR count). The van der Waals surface area contributed by atoms with Crippen LogP contribution in [0.3, 0.4) is 0 Å². The van der Waals surface area contributed by atoms with Crippen molar-refractivity contribution in [1.29, 1.82) is 0 Å². The van der Waals surface area contributed by atoms with Crippen LogP contribution in [0.4, 0.5) is 10.1 Å². The number of piperidine rings is 1. The van der Waals surface area contributed by atoms with E-state index in [-0.39, 0.29) is 5.91 Å². The van der Waals surface area contributed by atoms with Crippen LogP contribution in [0.25, 0.3) is 0 Å². The van der Waals surface area contributed by atoms with Gasteiger partial charge >= 0.3 is 0 Å². The van der Waals surface area contributed by atoms with Crippen molar-refractivity contribution >= 4 is 11.6 Å². The minimum absolute atomic E-state index is 0.194. The molecule has 1 atom stereocenters. The summed E-state index contributed by atoms with van der Waals surface area (Å²) in [5, 5.41) is 5.63. The van der Waals surface area contributed by atoms with Gasteiger partial charge in [-0.3, -0.25) is 4.79 Å². The van der Waals surface area contributed by atoms with Gasteiger partial charge in [-0.2, -0.15) is 4.39 Å². The number of para-hydroxylation sites is 1. The molecule has 1 amide bonds. The van der Waals surface area contributed by atoms with Crippen molar-refractivity contribution < 1.29 is 9.18 Å². The van der Waals surface area contributed by atoms with Gasteiger partial charge in [0.05, 0.1) is 0 Å². The summed E-state index contributed by atoms with van der Waals surface area (Å²) in [6, 6.07) is 9.30. The van der Waals surface area contributed by atoms with E-state index < -0.39 is 12.0 Å². The molecule has 1 aromatic rings. The summed E-state index contributed by atoms with van der Waals surface area (Å²) in [5.41, 5.74) is 0.0247. The summed E-state index contributed by atoms with van der Waals surface area (Å²) >= 11 is 0. The highest BCUT2D eigenvalue weighted by Gasteiger charge is 2.53. The Balaban J connectivity index is 2.02. The second-order valence-electron chi connectivity index (χ2n) is 4.80. The second-order valence-corrected chi connectivity index (χ2v) is 4.80. The number of nitrogens with zero attached hydrogens (tertiary/aromatic N) is 1. The molecule has 2 heterocycles. The number of anilines is 1. The van der Waals surface area contributed by atoms with Crippen LogP contribution in [-0.2, 0) is 4.79 Å². The summed E-state index contributed by atoms with van der Waals surface area (Å²) in [6.45, 7) is 1.48. The Bertz CT molecular complexity index is 445. The number of benzene rings is 1. The molecule has 0 saturated carbocycles. The molecule has 2 fully saturated rings. The minimum atomic E-state index is -1.43. The van der Waals surface area contributed by atoms with Gasteiger partial charge in [0, 0.05) is 5.69 Å². The maximum Gasteiger partial charge on any atom is 0.250 e. The molecule has 5 heteroatoms. The van der Waals surface area contributed by atoms with E-state index in [2.05, 4.69) is 10.6 Å². The number of hydrogen-bond donors (Lipinski definition) is 2. The first-order valence-corrected chi connectivity index (χ1v) is 6.24. The highest BCUT2D eigenvalue weighted by Crippen LogP contribution is 2.37. The molecule has 1 aromatic carbocycles. The van der Waals surface area contributed by atoms with Crippen LogP contribution < -0.4 is 15.5 Å². The predicted octanol–water partition coefficient (Wildman–Crippen LogP) is 0.998. The van der Waals surface area contributed by atoms with Crippen LogP contribution in [-0.4, -0.2) is 31.0 Å². The quantitative estimate of drug-likeness (QED) is 0.730. The van der Waals surface area contributed by atoms with Gasteiger partial charge in [0.25, 0.3) is 6.42 Å². The normalized spacial score (nSPS) is 26.4. The zero-order valence-electron chi connectivity index (χ0n) is 10.0. The van der Waals surface area contributed by atoms with Crippen molar-refractivity contribution in [3.63, 3.8) is 0 Å². The van der Waals surface area contributed by atoms with Gasteiger partial charge in [0.2, 0.25) is 5.91 Å². The fourth-order valence-electron chi connectivity index (χ4n) is 2.91. The van der Waals surface area contributed by atoms with E-state index in [4.69, 9.17) is 0 Å². The first-order chi connectivity index (χ1) is 8.74. The van der Waals surface area contributed by atoms with Crippen molar-refractivity contribution in [2.45, 2.75) is 24.8 Å². The van der Waals surface area contributed by atoms with Gasteiger partial charge in [-0.15, -0.1) is 0 Å². The number of hydrogen-bond acceptors (Lipinski definition) is 3. The number of halogens is 1. The van der Waals surface area contributed by atoms with E-state index in [1.54, 1.807) is 4.90 Å². The average molecular weight is 249 g/mol. The molecule has 0 radical (unpaired) electrons. The minimum Gasteiger partial charge on any atom is -0.317 e. The van der Waals surface area contributed by atoms with Crippen molar-refractivity contribution in [2.24, 2.45) is 0 Å². The number of amides is 1. The van der Waals surface area contributed by atoms with Gasteiger partial charge in [0.1, 0.15) is 5.54 Å². The molecule has 4 nitrogen and oxygen atoms in total. The Morgan fingerprint density at radius 1 is 1.22 bits per heavy atom. The van der Waals surface area contributed by atoms with Crippen LogP contribution >= 0.6 is 0 Å². The van der Waals surface area contributed by atoms with Crippen molar-refractivity contribution in [3.8, 4) is 0 Å². The summed E-state index contributed by atoms with van der Waals surface area (Å²) in [5.74, 6) is -0.194. The fourth-order valence-corrected chi connectivity index (χ4v) is 2.91. The van der Waals surface area contributed by atoms with E-state index in [1.807, 2.05) is 30.3 Å². The maximum absolute atomic E-state index is 14.1. The average Bonchev–Trinajstić information content (AvgIpc) is 2.63. The Kier molecular flexibility index (Phi) is 2.70. The molecule has 2 N–H and O–H groups in total. The lowest BCUT2D eigenvalue weighted by Crippen LogP contribution is -2.56. The van der Waals surface area contributed by atoms with Crippen molar-refractivity contribution in [1.82, 2.24) is 10.6 Å². The lowest BCUT2D eigenvalue weighted by Gasteiger charge is -2.40. The second kappa shape index (κ2) is 4.24. The smallest absolute Gasteiger partial charge is 0.250 e. The van der Waals surface area contributed by atoms with E-state index >= 15 is 0 Å². The monoisotopic (exact) mass is 249 g/mol. The summed E-state index contributed by atoms with van der Waals surface area (Å²) in [4.78, 5) is 13.7. The SMILES string of the molecule is O=C1NC(F)N(c2ccccc2)C12CCNCC2. The van der Waals surface area contributed by atoms with Gasteiger partial charge < -0.3 is 15.5 Å². The number of nitrogens with one attached hydrogen (secondary N) is 2. The first kappa shape index (κ1) is 11.5. The molecule has 2 aliphatic heterocycles. The third kappa shape index (κ3) is 1.58. The molecule has 1 spiro atoms. The molecule has 2 saturated heterocycles. The molecular weight excluding hydrogens is 233 g/mol. The molecule has 1 unspecified atom stereocenters. The Labute approximate surface area is 105 Å². The zero-order valence-corrected chi connectivity index (χ0v) is 10.0. The van der Waals surface area contributed by atoms with Crippen molar-refractivity contribution in [2.75, 3.05) is 18.0 Å². The van der Waals surface area contributed by atoms with Crippen LogP contribution in [0.1, 0.15) is 12.8 Å². The Morgan fingerprint density at radius 3 is 2.56 bits per heavy atom. The van der Waals surface area contributed by atoms with Gasteiger partial charge in [-0.25, -0.2) is 0 Å². The van der Waals surface area contributed by atoms with Gasteiger partial charge in [-0.05, 0) is 38.1 Å². The van der Waals surface area contributed by atoms with Gasteiger partial charge in [0.15, 0.2) is 0 Å². The third-order valence-electron chi connectivity index (χ3n) is 3.83. The standard InChI is InChI=1S/C13H16FN3O/c14-12-16-11(18)13(6-8-15-9-7-13)17(12)10-4-2-1-3-5-10/h1-5,12,15H,6-9H2,(H,16,18). The first-order valence-electron chi connectivity index (χ1n) is 6.24. The van der Waals surface area contributed by atoms with Crippen LogP contribution in [0, 0.1) is 0 Å². The van der Waals surface area contributed by atoms with E-state index in [0.29, 0.717) is 12.8 Å². The lowest BCUT2D eigenvalue weighted by molar-refractivity contribution is -0.124. The number of carbonyl (C=O) groups is 1. The summed E-state index contributed by atoms with van der Waals surface area (Å²) < 4.78 is 14.1. The van der Waals surface area contributed by atoms with E-state index in [9.17, 15) is 9.18 Å². The van der Waals surface area contributed by atoms with Crippen LogP contribution in [0.5, 0.6) is 0 Å². The highest BCUT2D eigenvalue weighted by molar-refractivity contribution is 5.94. The lowest BCUT2D eigenvalue weighted by atomic mass is 9.86. The largest absolute Gasteiger partial charge is 0.317 e. The maximum atomic E-state index is 14.1. The topological polar surface area (TPSA) is 44.4 Å². The van der Waals surface area contributed by atoms with E-state index in [1.165, 1.54) is 0 Å². The third-order valence-corrected chi connectivity index (χ3v) is 3.83. The van der Waals surface area contributed by atoms with Gasteiger partial charge in [-0.1, -0.05) is 18.2 Å². The Morgan fingerprint density at radius 2 is 1.89 bits per heavy atom. The Hall–Kier alpha value is -1.62. The molecular formula is C13H16FN3O.